The van der Waals surface area contributed by atoms with Crippen LogP contribution in [-0.4, -0.2) is 45.4 Å². The summed E-state index contributed by atoms with van der Waals surface area (Å²) in [5.74, 6) is 1.73. The monoisotopic (exact) mass is 321 g/mol. The zero-order valence-electron chi connectivity index (χ0n) is 12.1. The summed E-state index contributed by atoms with van der Waals surface area (Å²) in [6.07, 6.45) is 4.44. The van der Waals surface area contributed by atoms with E-state index < -0.39 is 0 Å². The summed E-state index contributed by atoms with van der Waals surface area (Å²) in [6.45, 7) is 6.47. The van der Waals surface area contributed by atoms with Crippen LogP contribution in [0.5, 0.6) is 0 Å². The van der Waals surface area contributed by atoms with E-state index in [-0.39, 0.29) is 0 Å². The molecule has 2 fully saturated rings. The molecule has 7 heteroatoms. The number of aromatic nitrogens is 3. The third-order valence-electron chi connectivity index (χ3n) is 4.31. The van der Waals surface area contributed by atoms with Crippen LogP contribution in [0.3, 0.4) is 0 Å². The normalized spacial score (nSPS) is 21.7. The van der Waals surface area contributed by atoms with Gasteiger partial charge >= 0.3 is 0 Å². The van der Waals surface area contributed by atoms with E-state index in [2.05, 4.69) is 31.5 Å². The lowest BCUT2D eigenvalue weighted by Crippen LogP contribution is -2.47. The van der Waals surface area contributed by atoms with E-state index in [1.165, 1.54) is 17.8 Å². The van der Waals surface area contributed by atoms with E-state index in [1.807, 2.05) is 6.20 Å². The van der Waals surface area contributed by atoms with Crippen LogP contribution in [0.4, 0.5) is 5.13 Å². The van der Waals surface area contributed by atoms with E-state index in [0.29, 0.717) is 12.0 Å². The van der Waals surface area contributed by atoms with Crippen molar-refractivity contribution in [2.24, 2.45) is 0 Å². The maximum absolute atomic E-state index is 4.72. The first-order valence-corrected chi connectivity index (χ1v) is 9.18. The molecule has 0 spiro atoms. The van der Waals surface area contributed by atoms with Crippen molar-refractivity contribution in [3.63, 3.8) is 0 Å². The van der Waals surface area contributed by atoms with Crippen LogP contribution in [-0.2, 0) is 0 Å². The summed E-state index contributed by atoms with van der Waals surface area (Å²) in [6, 6.07) is 0.420. The highest BCUT2D eigenvalue weighted by atomic mass is 32.1. The predicted molar refractivity (Wildman–Crippen MR) is 86.2 cm³/mol. The Morgan fingerprint density at radius 2 is 2.05 bits per heavy atom. The van der Waals surface area contributed by atoms with E-state index >= 15 is 0 Å². The largest absolute Gasteiger partial charge is 0.344 e. The average Bonchev–Trinajstić information content (AvgIpc) is 3.05. The van der Waals surface area contributed by atoms with Gasteiger partial charge in [0.2, 0.25) is 5.13 Å². The maximum atomic E-state index is 4.72. The van der Waals surface area contributed by atoms with E-state index in [1.54, 1.807) is 22.9 Å². The quantitative estimate of drug-likeness (QED) is 0.866. The third-order valence-corrected chi connectivity index (χ3v) is 6.05. The highest BCUT2D eigenvalue weighted by Gasteiger charge is 2.30. The Labute approximate surface area is 132 Å². The Balaban J connectivity index is 1.37. The molecule has 2 aromatic heterocycles. The molecule has 112 valence electrons. The first-order valence-electron chi connectivity index (χ1n) is 7.53. The van der Waals surface area contributed by atoms with Gasteiger partial charge in [-0.1, -0.05) is 0 Å². The van der Waals surface area contributed by atoms with Crippen LogP contribution in [0.25, 0.3) is 0 Å². The molecule has 1 aliphatic carbocycles. The number of nitrogens with zero attached hydrogens (tertiary/aromatic N) is 5. The van der Waals surface area contributed by atoms with Gasteiger partial charge in [0.05, 0.1) is 6.04 Å². The van der Waals surface area contributed by atoms with E-state index in [9.17, 15) is 0 Å². The van der Waals surface area contributed by atoms with Gasteiger partial charge in [0, 0.05) is 55.2 Å². The summed E-state index contributed by atoms with van der Waals surface area (Å²) >= 11 is 3.32. The maximum Gasteiger partial charge on any atom is 0.205 e. The SMILES string of the molecule is CC(c1nccs1)N1CCN(c2nc(C3CC3)ns2)CC1. The van der Waals surface area contributed by atoms with Crippen molar-refractivity contribution in [3.8, 4) is 0 Å². The Kier molecular flexibility index (Phi) is 3.64. The van der Waals surface area contributed by atoms with Crippen LogP contribution >= 0.6 is 22.9 Å². The standard InChI is InChI=1S/C14H19N5S2/c1-10(13-15-4-9-20-13)18-5-7-19(8-6-18)14-16-12(17-21-14)11-2-3-11/h4,9-11H,2-3,5-8H2,1H3. The van der Waals surface area contributed by atoms with E-state index in [4.69, 9.17) is 4.98 Å². The molecular weight excluding hydrogens is 302 g/mol. The Bertz CT molecular complexity index is 584. The molecular formula is C14H19N5S2. The highest BCUT2D eigenvalue weighted by molar-refractivity contribution is 7.09. The van der Waals surface area contributed by atoms with Crippen LogP contribution in [0.1, 0.15) is 42.6 Å². The first-order chi connectivity index (χ1) is 10.3. The lowest BCUT2D eigenvalue weighted by atomic mass is 10.2. The number of piperazine rings is 1. The molecule has 0 amide bonds. The molecule has 0 aromatic carbocycles. The minimum Gasteiger partial charge on any atom is -0.344 e. The minimum atomic E-state index is 0.420. The molecule has 0 bridgehead atoms. The Morgan fingerprint density at radius 1 is 1.24 bits per heavy atom. The zero-order valence-corrected chi connectivity index (χ0v) is 13.7. The van der Waals surface area contributed by atoms with Gasteiger partial charge in [0.1, 0.15) is 10.8 Å². The fraction of sp³-hybridized carbons (Fsp3) is 0.643. The zero-order chi connectivity index (χ0) is 14.2. The molecule has 1 unspecified atom stereocenters. The highest BCUT2D eigenvalue weighted by Crippen LogP contribution is 2.39. The Morgan fingerprint density at radius 3 is 2.71 bits per heavy atom. The summed E-state index contributed by atoms with van der Waals surface area (Å²) < 4.78 is 4.52. The van der Waals surface area contributed by atoms with Gasteiger partial charge in [-0.15, -0.1) is 11.3 Å². The van der Waals surface area contributed by atoms with Crippen LogP contribution < -0.4 is 4.90 Å². The lowest BCUT2D eigenvalue weighted by Gasteiger charge is -2.37. The van der Waals surface area contributed by atoms with Gasteiger partial charge in [-0.05, 0) is 19.8 Å². The molecule has 1 saturated heterocycles. The molecule has 3 heterocycles. The molecule has 4 rings (SSSR count). The molecule has 5 nitrogen and oxygen atoms in total. The van der Waals surface area contributed by atoms with Crippen molar-refractivity contribution in [2.45, 2.75) is 31.7 Å². The van der Waals surface area contributed by atoms with Crippen molar-refractivity contribution in [3.05, 3.63) is 22.4 Å². The van der Waals surface area contributed by atoms with Crippen LogP contribution in [0.15, 0.2) is 11.6 Å². The van der Waals surface area contributed by atoms with Crippen molar-refractivity contribution in [1.82, 2.24) is 19.2 Å². The second kappa shape index (κ2) is 5.62. The van der Waals surface area contributed by atoms with Crippen LogP contribution in [0, 0.1) is 0 Å². The molecule has 0 radical (unpaired) electrons. The van der Waals surface area contributed by atoms with Gasteiger partial charge in [-0.3, -0.25) is 4.90 Å². The van der Waals surface area contributed by atoms with Gasteiger partial charge in [-0.2, -0.15) is 4.37 Å². The smallest absolute Gasteiger partial charge is 0.205 e. The van der Waals surface area contributed by atoms with Gasteiger partial charge in [0.25, 0.3) is 0 Å². The molecule has 1 aliphatic heterocycles. The van der Waals surface area contributed by atoms with Crippen molar-refractivity contribution < 1.29 is 0 Å². The number of anilines is 1. The summed E-state index contributed by atoms with van der Waals surface area (Å²) in [5.41, 5.74) is 0. The van der Waals surface area contributed by atoms with Crippen molar-refractivity contribution in [1.29, 1.82) is 0 Å². The van der Waals surface area contributed by atoms with Gasteiger partial charge < -0.3 is 4.90 Å². The molecule has 1 saturated carbocycles. The first kappa shape index (κ1) is 13.6. The molecule has 1 atom stereocenters. The second-order valence-corrected chi connectivity index (χ2v) is 7.44. The predicted octanol–water partition coefficient (Wildman–Crippen LogP) is 2.76. The number of rotatable bonds is 4. The molecule has 21 heavy (non-hydrogen) atoms. The summed E-state index contributed by atoms with van der Waals surface area (Å²) in [7, 11) is 0. The molecule has 2 aromatic rings. The van der Waals surface area contributed by atoms with Gasteiger partial charge in [0.15, 0.2) is 0 Å². The Hall–Kier alpha value is -1.05. The average molecular weight is 321 g/mol. The van der Waals surface area contributed by atoms with Crippen molar-refractivity contribution in [2.75, 3.05) is 31.1 Å². The third kappa shape index (κ3) is 2.82. The fourth-order valence-corrected chi connectivity index (χ4v) is 4.29. The minimum absolute atomic E-state index is 0.420. The summed E-state index contributed by atoms with van der Waals surface area (Å²) in [5, 5.41) is 4.39. The van der Waals surface area contributed by atoms with E-state index in [0.717, 1.165) is 37.1 Å². The number of hydrogen-bond acceptors (Lipinski definition) is 7. The summed E-state index contributed by atoms with van der Waals surface area (Å²) in [4.78, 5) is 14.1. The number of hydrogen-bond donors (Lipinski definition) is 0. The lowest BCUT2D eigenvalue weighted by molar-refractivity contribution is 0.198. The number of thiazole rings is 1. The second-order valence-electron chi connectivity index (χ2n) is 5.78. The van der Waals surface area contributed by atoms with Crippen molar-refractivity contribution >= 4 is 28.0 Å². The molecule has 0 N–H and O–H groups in total. The van der Waals surface area contributed by atoms with Crippen LogP contribution in [0.2, 0.25) is 0 Å². The molecule has 2 aliphatic rings. The topological polar surface area (TPSA) is 45.2 Å². The van der Waals surface area contributed by atoms with Gasteiger partial charge in [-0.25, -0.2) is 9.97 Å². The fourth-order valence-electron chi connectivity index (χ4n) is 2.76.